The number of hydrogen-bond acceptors (Lipinski definition) is 1. The molecule has 7 aromatic carbocycles. The monoisotopic (exact) mass is 650 g/mol. The van der Waals surface area contributed by atoms with E-state index in [4.69, 9.17) is 4.98 Å². The molecular weight excluding hydrogens is 617 g/mol. The van der Waals surface area contributed by atoms with Crippen LogP contribution in [0.2, 0.25) is 0 Å². The topological polar surface area (TPSA) is 17.8 Å². The predicted octanol–water partition coefficient (Wildman–Crippen LogP) is 11.8. The largest absolute Gasteiger partial charge is 0.292 e. The highest BCUT2D eigenvalue weighted by Crippen LogP contribution is 2.61. The second kappa shape index (κ2) is 10.2. The van der Waals surface area contributed by atoms with Gasteiger partial charge in [-0.1, -0.05) is 141 Å². The zero-order valence-corrected chi connectivity index (χ0v) is 28.6. The maximum atomic E-state index is 5.31. The number of nitrogens with zero attached hydrogens (tertiary/aromatic N) is 2. The van der Waals surface area contributed by atoms with Gasteiger partial charge in [-0.15, -0.1) is 0 Å². The third-order valence-electron chi connectivity index (χ3n) is 11.8. The minimum absolute atomic E-state index is 0.0871. The standard InChI is InChI=1S/C49H34N2/c1-48(2)40-20-10-7-17-35(40)37-30-44-38(29-43(37)48)36-18-8-11-21-41(36)49(44)39-19-9-6-14-31(39)24-25-32-26-27-33(28-42(32)49)47-50-45-22-12-13-23-46(45)51(47)34-15-4-3-5-16-34/h3-30H,1-2H3. The van der Waals surface area contributed by atoms with Gasteiger partial charge in [0.1, 0.15) is 5.82 Å². The van der Waals surface area contributed by atoms with Crippen LogP contribution in [0.5, 0.6) is 0 Å². The molecule has 51 heavy (non-hydrogen) atoms. The minimum atomic E-state index is -0.544. The predicted molar refractivity (Wildman–Crippen MR) is 210 cm³/mol. The summed E-state index contributed by atoms with van der Waals surface area (Å²) in [6.07, 6.45) is 4.63. The lowest BCUT2D eigenvalue weighted by molar-refractivity contribution is 0.660. The Morgan fingerprint density at radius 1 is 0.451 bits per heavy atom. The van der Waals surface area contributed by atoms with E-state index in [0.717, 1.165) is 28.1 Å². The third kappa shape index (κ3) is 3.69. The van der Waals surface area contributed by atoms with Gasteiger partial charge in [0.15, 0.2) is 0 Å². The Kier molecular flexibility index (Phi) is 5.69. The molecule has 1 spiro atoms. The van der Waals surface area contributed by atoms with Crippen LogP contribution in [0.4, 0.5) is 0 Å². The van der Waals surface area contributed by atoms with E-state index in [1.807, 2.05) is 0 Å². The van der Waals surface area contributed by atoms with Gasteiger partial charge in [0.2, 0.25) is 0 Å². The van der Waals surface area contributed by atoms with Gasteiger partial charge in [0, 0.05) is 16.7 Å². The molecule has 2 nitrogen and oxygen atoms in total. The van der Waals surface area contributed by atoms with Crippen molar-refractivity contribution in [3.8, 4) is 39.3 Å². The summed E-state index contributed by atoms with van der Waals surface area (Å²) in [7, 11) is 0. The summed E-state index contributed by atoms with van der Waals surface area (Å²) >= 11 is 0. The molecule has 0 N–H and O–H groups in total. The first-order valence-corrected chi connectivity index (χ1v) is 17.9. The van der Waals surface area contributed by atoms with Crippen LogP contribution in [0.15, 0.2) is 158 Å². The normalized spacial score (nSPS) is 17.0. The highest BCUT2D eigenvalue weighted by atomic mass is 15.1. The van der Waals surface area contributed by atoms with Crippen molar-refractivity contribution in [2.24, 2.45) is 0 Å². The van der Waals surface area contributed by atoms with Gasteiger partial charge in [-0.25, -0.2) is 4.98 Å². The molecule has 3 aliphatic rings. The van der Waals surface area contributed by atoms with Gasteiger partial charge >= 0.3 is 0 Å². The van der Waals surface area contributed by atoms with Gasteiger partial charge < -0.3 is 0 Å². The first-order valence-electron chi connectivity index (χ1n) is 17.9. The van der Waals surface area contributed by atoms with Crippen LogP contribution in [0.1, 0.15) is 58.4 Å². The van der Waals surface area contributed by atoms with Crippen molar-refractivity contribution in [3.05, 3.63) is 202 Å². The molecule has 1 unspecified atom stereocenters. The van der Waals surface area contributed by atoms with Crippen molar-refractivity contribution in [2.75, 3.05) is 0 Å². The van der Waals surface area contributed by atoms with Crippen LogP contribution in [-0.4, -0.2) is 9.55 Å². The van der Waals surface area contributed by atoms with Gasteiger partial charge in [-0.3, -0.25) is 4.57 Å². The molecule has 2 heteroatoms. The summed E-state index contributed by atoms with van der Waals surface area (Å²) in [5.41, 5.74) is 19.5. The molecule has 1 heterocycles. The van der Waals surface area contributed by atoms with E-state index in [1.54, 1.807) is 0 Å². The first-order chi connectivity index (χ1) is 25.0. The molecule has 0 aliphatic heterocycles. The van der Waals surface area contributed by atoms with E-state index in [9.17, 15) is 0 Å². The van der Waals surface area contributed by atoms with E-state index in [-0.39, 0.29) is 5.41 Å². The molecule has 0 saturated heterocycles. The summed E-state index contributed by atoms with van der Waals surface area (Å²) < 4.78 is 2.31. The van der Waals surface area contributed by atoms with Gasteiger partial charge in [-0.05, 0) is 109 Å². The number of imidazole rings is 1. The summed E-state index contributed by atoms with van der Waals surface area (Å²) in [5, 5.41) is 0. The SMILES string of the molecule is CC1(C)c2ccccc2-c2cc3c(cc21)-c1ccccc1C31c2ccccc2C=Cc2ccc(-c3nc4ccccc4n3-c3ccccc3)cc21. The number of aromatic nitrogens is 2. The van der Waals surface area contributed by atoms with E-state index in [0.29, 0.717) is 0 Å². The highest BCUT2D eigenvalue weighted by molar-refractivity contribution is 5.96. The van der Waals surface area contributed by atoms with Crippen molar-refractivity contribution < 1.29 is 0 Å². The van der Waals surface area contributed by atoms with Gasteiger partial charge in [-0.2, -0.15) is 0 Å². The zero-order valence-electron chi connectivity index (χ0n) is 28.6. The molecule has 0 amide bonds. The molecular formula is C49H34N2. The molecule has 3 aliphatic carbocycles. The number of benzene rings is 7. The summed E-state index contributed by atoms with van der Waals surface area (Å²) in [5.74, 6) is 0.943. The average molecular weight is 651 g/mol. The fraction of sp³-hybridized carbons (Fsp3) is 0.0816. The maximum Gasteiger partial charge on any atom is 0.145 e. The van der Waals surface area contributed by atoms with Crippen molar-refractivity contribution in [3.63, 3.8) is 0 Å². The smallest absolute Gasteiger partial charge is 0.145 e. The molecule has 0 fully saturated rings. The lowest BCUT2D eigenvalue weighted by Crippen LogP contribution is -2.30. The zero-order chi connectivity index (χ0) is 33.9. The highest BCUT2D eigenvalue weighted by Gasteiger charge is 2.50. The Labute approximate surface area is 298 Å². The minimum Gasteiger partial charge on any atom is -0.292 e. The van der Waals surface area contributed by atoms with Crippen LogP contribution < -0.4 is 0 Å². The number of hydrogen-bond donors (Lipinski definition) is 0. The Bertz CT molecular complexity index is 2780. The van der Waals surface area contributed by atoms with E-state index < -0.39 is 5.41 Å². The third-order valence-corrected chi connectivity index (χ3v) is 11.8. The van der Waals surface area contributed by atoms with E-state index in [2.05, 4.69) is 188 Å². The van der Waals surface area contributed by atoms with Crippen LogP contribution in [0.3, 0.4) is 0 Å². The van der Waals surface area contributed by atoms with E-state index >= 15 is 0 Å². The van der Waals surface area contributed by atoms with Gasteiger partial charge in [0.25, 0.3) is 0 Å². The summed E-state index contributed by atoms with van der Waals surface area (Å²) in [6, 6.07) is 58.3. The summed E-state index contributed by atoms with van der Waals surface area (Å²) in [4.78, 5) is 5.31. The van der Waals surface area contributed by atoms with Crippen LogP contribution >= 0.6 is 0 Å². The van der Waals surface area contributed by atoms with Crippen LogP contribution in [0.25, 0.3) is 62.5 Å². The molecule has 8 aromatic rings. The molecule has 0 bridgehead atoms. The van der Waals surface area contributed by atoms with Crippen molar-refractivity contribution >= 4 is 23.2 Å². The number of rotatable bonds is 2. The number of fused-ring (bicyclic) bond motifs is 13. The first kappa shape index (κ1) is 28.6. The molecule has 0 saturated carbocycles. The average Bonchev–Trinajstić information content (AvgIpc) is 3.74. The molecule has 0 radical (unpaired) electrons. The molecule has 11 rings (SSSR count). The Morgan fingerprint density at radius 2 is 1.06 bits per heavy atom. The molecule has 240 valence electrons. The van der Waals surface area contributed by atoms with Crippen molar-refractivity contribution in [1.29, 1.82) is 0 Å². The van der Waals surface area contributed by atoms with Crippen molar-refractivity contribution in [1.82, 2.24) is 9.55 Å². The number of para-hydroxylation sites is 3. The summed E-state index contributed by atoms with van der Waals surface area (Å²) in [6.45, 7) is 4.76. The van der Waals surface area contributed by atoms with Gasteiger partial charge in [0.05, 0.1) is 16.4 Å². The second-order valence-corrected chi connectivity index (χ2v) is 14.7. The van der Waals surface area contributed by atoms with Crippen molar-refractivity contribution in [2.45, 2.75) is 24.7 Å². The lowest BCUT2D eigenvalue weighted by Gasteiger charge is -2.36. The van der Waals surface area contributed by atoms with Crippen LogP contribution in [0, 0.1) is 0 Å². The second-order valence-electron chi connectivity index (χ2n) is 14.7. The Balaban J connectivity index is 1.26. The molecule has 1 atom stereocenters. The Hall–Kier alpha value is -6.25. The lowest BCUT2D eigenvalue weighted by atomic mass is 9.65. The van der Waals surface area contributed by atoms with Crippen LogP contribution in [-0.2, 0) is 10.8 Å². The maximum absolute atomic E-state index is 5.31. The quantitative estimate of drug-likeness (QED) is 0.182. The fourth-order valence-electron chi connectivity index (χ4n) is 9.58. The van der Waals surface area contributed by atoms with E-state index in [1.165, 1.54) is 66.8 Å². The fourth-order valence-corrected chi connectivity index (χ4v) is 9.58. The molecule has 1 aromatic heterocycles. The Morgan fingerprint density at radius 3 is 1.88 bits per heavy atom.